The fraction of sp³-hybridized carbons (Fsp3) is 0.938. The Morgan fingerprint density at radius 3 is 2.65 bits per heavy atom. The average molecular weight is 285 g/mol. The molecule has 1 saturated heterocycles. The number of nitrogens with one attached hydrogen (secondary N) is 1. The molecule has 0 radical (unpaired) electrons. The van der Waals surface area contributed by atoms with Crippen molar-refractivity contribution in [1.82, 2.24) is 5.32 Å². The zero-order valence-corrected chi connectivity index (χ0v) is 13.6. The lowest BCUT2D eigenvalue weighted by Crippen LogP contribution is -2.40. The topological polar surface area (TPSA) is 47.6 Å². The minimum atomic E-state index is -0.182. The monoisotopic (exact) mass is 285 g/mol. The van der Waals surface area contributed by atoms with Gasteiger partial charge in [-0.2, -0.15) is 0 Å². The Bertz CT molecular complexity index is 293. The lowest BCUT2D eigenvalue weighted by Gasteiger charge is -2.30. The number of rotatable bonds is 5. The molecule has 0 spiro atoms. The summed E-state index contributed by atoms with van der Waals surface area (Å²) in [4.78, 5) is 12.1. The van der Waals surface area contributed by atoms with E-state index in [2.05, 4.69) is 19.2 Å². The van der Waals surface area contributed by atoms with Gasteiger partial charge in [0.2, 0.25) is 0 Å². The number of cyclic esters (lactones) is 1. The first-order chi connectivity index (χ1) is 9.49. The third-order valence-corrected chi connectivity index (χ3v) is 4.32. The number of likely N-dealkylation sites (N-methyl/N-ethyl adjacent to an activating group) is 1. The van der Waals surface area contributed by atoms with Crippen molar-refractivity contribution < 1.29 is 14.3 Å². The van der Waals surface area contributed by atoms with Crippen LogP contribution in [-0.4, -0.2) is 38.4 Å². The van der Waals surface area contributed by atoms with Gasteiger partial charge >= 0.3 is 5.97 Å². The summed E-state index contributed by atoms with van der Waals surface area (Å²) in [5, 5.41) is 3.05. The van der Waals surface area contributed by atoms with E-state index in [1.165, 1.54) is 6.42 Å². The predicted octanol–water partition coefficient (Wildman–Crippen LogP) is 2.76. The highest BCUT2D eigenvalue weighted by atomic mass is 16.6. The zero-order chi connectivity index (χ0) is 15.1. The number of hydrogen-bond donors (Lipinski definition) is 1. The molecule has 4 heteroatoms. The summed E-state index contributed by atoms with van der Waals surface area (Å²) in [7, 11) is 3.54. The van der Waals surface area contributed by atoms with Crippen molar-refractivity contribution in [3.05, 3.63) is 0 Å². The van der Waals surface area contributed by atoms with E-state index in [0.717, 1.165) is 25.7 Å². The van der Waals surface area contributed by atoms with Crippen LogP contribution in [0.4, 0.5) is 0 Å². The summed E-state index contributed by atoms with van der Waals surface area (Å²) >= 11 is 0. The molecule has 118 valence electrons. The van der Waals surface area contributed by atoms with Crippen LogP contribution in [0.3, 0.4) is 0 Å². The van der Waals surface area contributed by atoms with Crippen LogP contribution in [-0.2, 0) is 14.3 Å². The number of carbonyl (C=O) groups excluding carboxylic acids is 1. The quantitative estimate of drug-likeness (QED) is 0.789. The smallest absolute Gasteiger partial charge is 0.323 e. The van der Waals surface area contributed by atoms with E-state index in [1.807, 2.05) is 14.0 Å². The third-order valence-electron chi connectivity index (χ3n) is 4.32. The molecule has 0 aliphatic carbocycles. The summed E-state index contributed by atoms with van der Waals surface area (Å²) in [6.45, 7) is 6.45. The van der Waals surface area contributed by atoms with Crippen LogP contribution in [0.25, 0.3) is 0 Å². The second-order valence-corrected chi connectivity index (χ2v) is 6.35. The van der Waals surface area contributed by atoms with E-state index in [-0.39, 0.29) is 24.2 Å². The predicted molar refractivity (Wildman–Crippen MR) is 80.6 cm³/mol. The SMILES string of the molecule is CN[C@H]1CCC[C@H](CCC(C)C)[C@@H](OC)[C@H](C)OC1=O. The highest BCUT2D eigenvalue weighted by Crippen LogP contribution is 2.28. The lowest BCUT2D eigenvalue weighted by molar-refractivity contribution is -0.159. The maximum absolute atomic E-state index is 12.1. The normalized spacial score (nSPS) is 32.4. The first-order valence-corrected chi connectivity index (χ1v) is 7.90. The van der Waals surface area contributed by atoms with Crippen molar-refractivity contribution in [3.8, 4) is 0 Å². The van der Waals surface area contributed by atoms with Crippen LogP contribution in [0.15, 0.2) is 0 Å². The highest BCUT2D eigenvalue weighted by molar-refractivity contribution is 5.75. The number of hydrogen-bond acceptors (Lipinski definition) is 4. The minimum Gasteiger partial charge on any atom is -0.459 e. The first kappa shape index (κ1) is 17.4. The van der Waals surface area contributed by atoms with Gasteiger partial charge in [-0.25, -0.2) is 0 Å². The average Bonchev–Trinajstić information content (AvgIpc) is 2.44. The fourth-order valence-electron chi connectivity index (χ4n) is 3.08. The van der Waals surface area contributed by atoms with E-state index >= 15 is 0 Å². The Labute approximate surface area is 123 Å². The van der Waals surface area contributed by atoms with Crippen molar-refractivity contribution in [2.45, 2.75) is 71.1 Å². The summed E-state index contributed by atoms with van der Waals surface area (Å²) in [5.74, 6) is 1.02. The molecule has 0 aromatic carbocycles. The van der Waals surface area contributed by atoms with Gasteiger partial charge in [0.15, 0.2) is 0 Å². The molecular weight excluding hydrogens is 254 g/mol. The molecule has 1 heterocycles. The summed E-state index contributed by atoms with van der Waals surface area (Å²) in [5.41, 5.74) is 0. The van der Waals surface area contributed by atoms with Crippen LogP contribution >= 0.6 is 0 Å². The van der Waals surface area contributed by atoms with Gasteiger partial charge in [-0.15, -0.1) is 0 Å². The molecule has 1 rings (SSSR count). The van der Waals surface area contributed by atoms with Crippen LogP contribution < -0.4 is 5.32 Å². The second-order valence-electron chi connectivity index (χ2n) is 6.35. The van der Waals surface area contributed by atoms with Gasteiger partial charge in [-0.3, -0.25) is 4.79 Å². The molecule has 0 saturated carbocycles. The lowest BCUT2D eigenvalue weighted by atomic mass is 9.86. The molecule has 0 amide bonds. The largest absolute Gasteiger partial charge is 0.459 e. The van der Waals surface area contributed by atoms with Crippen molar-refractivity contribution in [2.24, 2.45) is 11.8 Å². The van der Waals surface area contributed by atoms with E-state index in [1.54, 1.807) is 7.11 Å². The van der Waals surface area contributed by atoms with Gasteiger partial charge in [-0.1, -0.05) is 26.7 Å². The maximum atomic E-state index is 12.1. The Kier molecular flexibility index (Phi) is 7.52. The highest BCUT2D eigenvalue weighted by Gasteiger charge is 2.32. The van der Waals surface area contributed by atoms with Crippen molar-refractivity contribution in [1.29, 1.82) is 0 Å². The number of carbonyl (C=O) groups is 1. The molecule has 1 aliphatic heterocycles. The van der Waals surface area contributed by atoms with Gasteiger partial charge < -0.3 is 14.8 Å². The Hall–Kier alpha value is -0.610. The van der Waals surface area contributed by atoms with Gasteiger partial charge in [-0.05, 0) is 45.1 Å². The molecular formula is C16H31NO3. The minimum absolute atomic E-state index is 0.00769. The second kappa shape index (κ2) is 8.63. The van der Waals surface area contributed by atoms with Crippen LogP contribution in [0.2, 0.25) is 0 Å². The molecule has 0 bridgehead atoms. The maximum Gasteiger partial charge on any atom is 0.323 e. The number of methoxy groups -OCH3 is 1. The van der Waals surface area contributed by atoms with Crippen LogP contribution in [0.5, 0.6) is 0 Å². The Balaban J connectivity index is 2.76. The van der Waals surface area contributed by atoms with Crippen LogP contribution in [0, 0.1) is 11.8 Å². The van der Waals surface area contributed by atoms with Crippen molar-refractivity contribution in [3.63, 3.8) is 0 Å². The van der Waals surface area contributed by atoms with Gasteiger partial charge in [0.25, 0.3) is 0 Å². The van der Waals surface area contributed by atoms with Gasteiger partial charge in [0.05, 0.1) is 6.10 Å². The molecule has 20 heavy (non-hydrogen) atoms. The molecule has 1 N–H and O–H groups in total. The van der Waals surface area contributed by atoms with Gasteiger partial charge in [0, 0.05) is 7.11 Å². The number of esters is 1. The van der Waals surface area contributed by atoms with E-state index < -0.39 is 0 Å². The van der Waals surface area contributed by atoms with Crippen molar-refractivity contribution >= 4 is 5.97 Å². The zero-order valence-electron chi connectivity index (χ0n) is 13.6. The molecule has 1 aliphatic rings. The first-order valence-electron chi connectivity index (χ1n) is 7.90. The molecule has 0 unspecified atom stereocenters. The van der Waals surface area contributed by atoms with Crippen molar-refractivity contribution in [2.75, 3.05) is 14.2 Å². The molecule has 1 fully saturated rings. The molecule has 0 aromatic rings. The van der Waals surface area contributed by atoms with E-state index in [4.69, 9.17) is 9.47 Å². The van der Waals surface area contributed by atoms with E-state index in [9.17, 15) is 4.79 Å². The van der Waals surface area contributed by atoms with Crippen LogP contribution in [0.1, 0.15) is 52.9 Å². The third kappa shape index (κ3) is 5.06. The summed E-state index contributed by atoms with van der Waals surface area (Å²) < 4.78 is 11.2. The molecule has 4 atom stereocenters. The number of ether oxygens (including phenoxy) is 2. The Morgan fingerprint density at radius 1 is 1.40 bits per heavy atom. The Morgan fingerprint density at radius 2 is 2.10 bits per heavy atom. The summed E-state index contributed by atoms with van der Waals surface area (Å²) in [6.07, 6.45) is 5.15. The fourth-order valence-corrected chi connectivity index (χ4v) is 3.08. The summed E-state index contributed by atoms with van der Waals surface area (Å²) in [6, 6.07) is -0.182. The van der Waals surface area contributed by atoms with Gasteiger partial charge in [0.1, 0.15) is 12.1 Å². The van der Waals surface area contributed by atoms with E-state index in [0.29, 0.717) is 11.8 Å². The standard InChI is InChI=1S/C16H31NO3/c1-11(2)9-10-13-7-6-8-14(17-4)16(18)20-12(3)15(13)19-5/h11-15,17H,6-10H2,1-5H3/t12-,13+,14-,15-/m0/s1. The molecule has 0 aromatic heterocycles. The molecule has 4 nitrogen and oxygen atoms in total.